The highest BCUT2D eigenvalue weighted by molar-refractivity contribution is 5.59. The average Bonchev–Trinajstić information content (AvgIpc) is 2.47. The van der Waals surface area contributed by atoms with Gasteiger partial charge in [0.2, 0.25) is 0 Å². The molecule has 3 aromatic heterocycles. The van der Waals surface area contributed by atoms with Gasteiger partial charge < -0.3 is 0 Å². The first-order valence-corrected chi connectivity index (χ1v) is 6.43. The summed E-state index contributed by atoms with van der Waals surface area (Å²) in [6.45, 7) is 3.91. The van der Waals surface area contributed by atoms with Crippen molar-refractivity contribution in [2.75, 3.05) is 0 Å². The largest absolute Gasteiger partial charge is 0.251 e. The maximum atomic E-state index is 4.61. The molecule has 0 aliphatic rings. The Morgan fingerprint density at radius 2 is 1.30 bits per heavy atom. The van der Waals surface area contributed by atoms with Gasteiger partial charge in [-0.3, -0.25) is 4.98 Å². The lowest BCUT2D eigenvalue weighted by Crippen LogP contribution is -1.95. The summed E-state index contributed by atoms with van der Waals surface area (Å²) >= 11 is 0. The number of rotatable bonds is 2. The molecule has 0 N–H and O–H groups in total. The van der Waals surface area contributed by atoms with Gasteiger partial charge in [0.05, 0.1) is 11.4 Å². The van der Waals surface area contributed by atoms with Crippen LogP contribution in [0.25, 0.3) is 22.9 Å². The van der Waals surface area contributed by atoms with E-state index in [1.165, 1.54) is 0 Å². The molecular formula is C16H14N4. The van der Waals surface area contributed by atoms with Crippen molar-refractivity contribution < 1.29 is 0 Å². The minimum absolute atomic E-state index is 0.638. The molecule has 0 saturated carbocycles. The zero-order chi connectivity index (χ0) is 13.9. The lowest BCUT2D eigenvalue weighted by atomic mass is 10.2. The standard InChI is InChI=1S/C16H14N4/c1-11-5-3-6-13(18-11)14-7-4-8-15(20-14)16-17-10-9-12(2)19-16/h3-10H,1-2H3. The fraction of sp³-hybridized carbons (Fsp3) is 0.125. The van der Waals surface area contributed by atoms with Gasteiger partial charge in [0.25, 0.3) is 0 Å². The molecule has 0 fully saturated rings. The van der Waals surface area contributed by atoms with Crippen molar-refractivity contribution in [1.29, 1.82) is 0 Å². The third-order valence-corrected chi connectivity index (χ3v) is 2.92. The Bertz CT molecular complexity index is 692. The highest BCUT2D eigenvalue weighted by atomic mass is 14.9. The van der Waals surface area contributed by atoms with Crippen molar-refractivity contribution >= 4 is 0 Å². The fourth-order valence-corrected chi connectivity index (χ4v) is 1.96. The number of hydrogen-bond acceptors (Lipinski definition) is 4. The van der Waals surface area contributed by atoms with Crippen LogP contribution < -0.4 is 0 Å². The van der Waals surface area contributed by atoms with Crippen LogP contribution in [-0.2, 0) is 0 Å². The summed E-state index contributed by atoms with van der Waals surface area (Å²) in [7, 11) is 0. The van der Waals surface area contributed by atoms with Crippen molar-refractivity contribution in [2.45, 2.75) is 13.8 Å². The molecule has 0 bridgehead atoms. The lowest BCUT2D eigenvalue weighted by Gasteiger charge is -2.04. The zero-order valence-corrected chi connectivity index (χ0v) is 11.4. The van der Waals surface area contributed by atoms with Gasteiger partial charge in [-0.05, 0) is 44.2 Å². The molecule has 4 heteroatoms. The van der Waals surface area contributed by atoms with Crippen LogP contribution in [-0.4, -0.2) is 19.9 Å². The summed E-state index contributed by atoms with van der Waals surface area (Å²) in [5, 5.41) is 0. The summed E-state index contributed by atoms with van der Waals surface area (Å²) in [6, 6.07) is 13.6. The number of nitrogens with zero attached hydrogens (tertiary/aromatic N) is 4. The van der Waals surface area contributed by atoms with Crippen molar-refractivity contribution in [3.05, 3.63) is 60.0 Å². The lowest BCUT2D eigenvalue weighted by molar-refractivity contribution is 1.09. The van der Waals surface area contributed by atoms with Crippen LogP contribution in [0, 0.1) is 13.8 Å². The van der Waals surface area contributed by atoms with Crippen LogP contribution in [0.2, 0.25) is 0 Å². The molecule has 3 rings (SSSR count). The highest BCUT2D eigenvalue weighted by Gasteiger charge is 2.06. The van der Waals surface area contributed by atoms with Crippen molar-refractivity contribution in [3.63, 3.8) is 0 Å². The Balaban J connectivity index is 2.06. The molecule has 0 atom stereocenters. The van der Waals surface area contributed by atoms with Gasteiger partial charge in [-0.2, -0.15) is 0 Å². The second-order valence-electron chi connectivity index (χ2n) is 4.59. The predicted molar refractivity (Wildman–Crippen MR) is 78.0 cm³/mol. The van der Waals surface area contributed by atoms with E-state index in [4.69, 9.17) is 0 Å². The van der Waals surface area contributed by atoms with E-state index >= 15 is 0 Å². The second kappa shape index (κ2) is 5.17. The highest BCUT2D eigenvalue weighted by Crippen LogP contribution is 2.19. The van der Waals surface area contributed by atoms with Gasteiger partial charge in [-0.15, -0.1) is 0 Å². The number of hydrogen-bond donors (Lipinski definition) is 0. The Morgan fingerprint density at radius 3 is 2.05 bits per heavy atom. The van der Waals surface area contributed by atoms with Crippen molar-refractivity contribution in [3.8, 4) is 22.9 Å². The molecule has 3 heterocycles. The smallest absolute Gasteiger partial charge is 0.178 e. The van der Waals surface area contributed by atoms with E-state index in [0.717, 1.165) is 28.5 Å². The van der Waals surface area contributed by atoms with E-state index in [-0.39, 0.29) is 0 Å². The molecule has 0 amide bonds. The number of pyridine rings is 2. The predicted octanol–water partition coefficient (Wildman–Crippen LogP) is 3.22. The Hall–Kier alpha value is -2.62. The topological polar surface area (TPSA) is 51.6 Å². The molecule has 20 heavy (non-hydrogen) atoms. The van der Waals surface area contributed by atoms with Gasteiger partial charge in [-0.25, -0.2) is 15.0 Å². The van der Waals surface area contributed by atoms with E-state index in [9.17, 15) is 0 Å². The Morgan fingerprint density at radius 1 is 0.650 bits per heavy atom. The van der Waals surface area contributed by atoms with Gasteiger partial charge in [-0.1, -0.05) is 12.1 Å². The molecule has 4 nitrogen and oxygen atoms in total. The fourth-order valence-electron chi connectivity index (χ4n) is 1.96. The molecule has 0 spiro atoms. The van der Waals surface area contributed by atoms with Gasteiger partial charge >= 0.3 is 0 Å². The molecule has 0 saturated heterocycles. The van der Waals surface area contributed by atoms with E-state index in [1.54, 1.807) is 6.20 Å². The third kappa shape index (κ3) is 2.54. The molecule has 0 radical (unpaired) electrons. The minimum Gasteiger partial charge on any atom is -0.251 e. The summed E-state index contributed by atoms with van der Waals surface area (Å²) in [6.07, 6.45) is 1.75. The maximum absolute atomic E-state index is 4.61. The third-order valence-electron chi connectivity index (χ3n) is 2.92. The van der Waals surface area contributed by atoms with Gasteiger partial charge in [0.15, 0.2) is 5.82 Å². The summed E-state index contributed by atoms with van der Waals surface area (Å²) in [4.78, 5) is 17.8. The molecule has 3 aromatic rings. The molecule has 0 unspecified atom stereocenters. The van der Waals surface area contributed by atoms with Crippen LogP contribution in [0.15, 0.2) is 48.7 Å². The summed E-state index contributed by atoms with van der Waals surface area (Å²) < 4.78 is 0. The number of aryl methyl sites for hydroxylation is 2. The van der Waals surface area contributed by atoms with E-state index in [0.29, 0.717) is 5.82 Å². The van der Waals surface area contributed by atoms with E-state index < -0.39 is 0 Å². The first-order chi connectivity index (χ1) is 9.72. The van der Waals surface area contributed by atoms with Gasteiger partial charge in [0.1, 0.15) is 5.69 Å². The van der Waals surface area contributed by atoms with Crippen LogP contribution in [0.3, 0.4) is 0 Å². The normalized spacial score (nSPS) is 10.5. The van der Waals surface area contributed by atoms with Crippen LogP contribution in [0.1, 0.15) is 11.4 Å². The van der Waals surface area contributed by atoms with Gasteiger partial charge in [0, 0.05) is 17.6 Å². The van der Waals surface area contributed by atoms with Crippen molar-refractivity contribution in [1.82, 2.24) is 19.9 Å². The van der Waals surface area contributed by atoms with Crippen LogP contribution in [0.4, 0.5) is 0 Å². The Labute approximate surface area is 117 Å². The van der Waals surface area contributed by atoms with Crippen LogP contribution in [0.5, 0.6) is 0 Å². The Kier molecular flexibility index (Phi) is 3.21. The second-order valence-corrected chi connectivity index (χ2v) is 4.59. The summed E-state index contributed by atoms with van der Waals surface area (Å²) in [5.74, 6) is 0.638. The minimum atomic E-state index is 0.638. The monoisotopic (exact) mass is 262 g/mol. The zero-order valence-electron chi connectivity index (χ0n) is 11.4. The molecule has 98 valence electrons. The van der Waals surface area contributed by atoms with Crippen molar-refractivity contribution in [2.24, 2.45) is 0 Å². The average molecular weight is 262 g/mol. The number of aromatic nitrogens is 4. The van der Waals surface area contributed by atoms with E-state index in [1.807, 2.05) is 56.3 Å². The first-order valence-electron chi connectivity index (χ1n) is 6.43. The maximum Gasteiger partial charge on any atom is 0.178 e. The molecule has 0 aliphatic heterocycles. The summed E-state index contributed by atoms with van der Waals surface area (Å²) in [5.41, 5.74) is 4.35. The molecule has 0 aromatic carbocycles. The molecule has 0 aliphatic carbocycles. The molecular weight excluding hydrogens is 248 g/mol. The first kappa shape index (κ1) is 12.4. The quantitative estimate of drug-likeness (QED) is 0.711. The van der Waals surface area contributed by atoms with Crippen LogP contribution >= 0.6 is 0 Å². The SMILES string of the molecule is Cc1cccc(-c2cccc(-c3nccc(C)n3)n2)n1. The van der Waals surface area contributed by atoms with E-state index in [2.05, 4.69) is 19.9 Å².